The zero-order chi connectivity index (χ0) is 21.4. The maximum absolute atomic E-state index is 13.0. The highest BCUT2D eigenvalue weighted by atomic mass is 19.1. The van der Waals surface area contributed by atoms with Gasteiger partial charge in [-0.05, 0) is 42.7 Å². The van der Waals surface area contributed by atoms with Gasteiger partial charge in [-0.15, -0.1) is 0 Å². The van der Waals surface area contributed by atoms with Gasteiger partial charge in [0.05, 0.1) is 6.04 Å². The largest absolute Gasteiger partial charge is 0.454 e. The van der Waals surface area contributed by atoms with Crippen LogP contribution >= 0.6 is 0 Å². The van der Waals surface area contributed by atoms with E-state index in [1.54, 1.807) is 13.8 Å². The van der Waals surface area contributed by atoms with Crippen LogP contribution in [0.1, 0.15) is 42.7 Å². The summed E-state index contributed by atoms with van der Waals surface area (Å²) in [6.07, 6.45) is 0. The Morgan fingerprint density at radius 3 is 2.14 bits per heavy atom. The smallest absolute Gasteiger partial charge is 0.329 e. The Hall–Kier alpha value is -3.22. The quantitative estimate of drug-likeness (QED) is 0.667. The molecule has 0 aliphatic heterocycles. The van der Waals surface area contributed by atoms with Crippen molar-refractivity contribution in [3.8, 4) is 0 Å². The molecule has 0 spiro atoms. The first-order valence-corrected chi connectivity index (χ1v) is 9.35. The Labute approximate surface area is 169 Å². The zero-order valence-corrected chi connectivity index (χ0v) is 16.6. The second-order valence-electron chi connectivity index (χ2n) is 7.01. The average molecular weight is 400 g/mol. The van der Waals surface area contributed by atoms with Crippen LogP contribution in [0.25, 0.3) is 0 Å². The summed E-state index contributed by atoms with van der Waals surface area (Å²) in [5.41, 5.74) is 1.15. The van der Waals surface area contributed by atoms with E-state index in [9.17, 15) is 18.8 Å². The number of halogens is 1. The second kappa shape index (κ2) is 10.4. The van der Waals surface area contributed by atoms with Crippen LogP contribution in [0, 0.1) is 11.7 Å². The molecule has 0 bridgehead atoms. The van der Waals surface area contributed by atoms with E-state index in [0.29, 0.717) is 0 Å². The fourth-order valence-corrected chi connectivity index (χ4v) is 2.66. The van der Waals surface area contributed by atoms with Crippen molar-refractivity contribution >= 4 is 17.8 Å². The van der Waals surface area contributed by atoms with Gasteiger partial charge in [-0.2, -0.15) is 0 Å². The first-order valence-electron chi connectivity index (χ1n) is 9.35. The number of rotatable bonds is 8. The van der Waals surface area contributed by atoms with Crippen molar-refractivity contribution in [2.24, 2.45) is 5.92 Å². The van der Waals surface area contributed by atoms with E-state index in [2.05, 4.69) is 10.6 Å². The number of ether oxygens (including phenoxy) is 1. The van der Waals surface area contributed by atoms with E-state index in [1.165, 1.54) is 12.1 Å². The van der Waals surface area contributed by atoms with Crippen LogP contribution in [0.3, 0.4) is 0 Å². The van der Waals surface area contributed by atoms with Gasteiger partial charge in [0.15, 0.2) is 6.61 Å². The highest BCUT2D eigenvalue weighted by Crippen LogP contribution is 2.11. The van der Waals surface area contributed by atoms with Gasteiger partial charge in [0.2, 0.25) is 0 Å². The van der Waals surface area contributed by atoms with Crippen LogP contribution in [-0.2, 0) is 14.3 Å². The number of nitrogens with one attached hydrogen (secondary N) is 2. The molecule has 154 valence electrons. The Morgan fingerprint density at radius 2 is 1.55 bits per heavy atom. The van der Waals surface area contributed by atoms with Crippen molar-refractivity contribution in [1.29, 1.82) is 0 Å². The summed E-state index contributed by atoms with van der Waals surface area (Å²) < 4.78 is 18.1. The van der Waals surface area contributed by atoms with E-state index in [1.807, 2.05) is 37.3 Å². The lowest BCUT2D eigenvalue weighted by Crippen LogP contribution is -2.46. The summed E-state index contributed by atoms with van der Waals surface area (Å²) >= 11 is 0. The predicted molar refractivity (Wildman–Crippen MR) is 106 cm³/mol. The highest BCUT2D eigenvalue weighted by Gasteiger charge is 2.27. The lowest BCUT2D eigenvalue weighted by Gasteiger charge is -2.21. The first-order chi connectivity index (χ1) is 13.8. The molecule has 2 rings (SSSR count). The van der Waals surface area contributed by atoms with Crippen LogP contribution in [0.2, 0.25) is 0 Å². The Kier molecular flexibility index (Phi) is 7.88. The molecule has 0 saturated heterocycles. The number of benzene rings is 2. The molecule has 2 amide bonds. The molecular formula is C22H25FN2O4. The molecule has 2 aromatic carbocycles. The number of carbonyl (C=O) groups is 3. The van der Waals surface area contributed by atoms with Crippen LogP contribution in [0.5, 0.6) is 0 Å². The van der Waals surface area contributed by atoms with Crippen molar-refractivity contribution in [1.82, 2.24) is 10.6 Å². The van der Waals surface area contributed by atoms with Crippen LogP contribution in [0.4, 0.5) is 4.39 Å². The number of hydrogen-bond acceptors (Lipinski definition) is 4. The normalized spacial score (nSPS) is 12.7. The lowest BCUT2D eigenvalue weighted by atomic mass is 10.0. The van der Waals surface area contributed by atoms with Gasteiger partial charge in [-0.3, -0.25) is 9.59 Å². The van der Waals surface area contributed by atoms with Crippen molar-refractivity contribution in [3.63, 3.8) is 0 Å². The highest BCUT2D eigenvalue weighted by molar-refractivity contribution is 5.97. The molecule has 0 unspecified atom stereocenters. The molecule has 7 heteroatoms. The number of hydrogen-bond donors (Lipinski definition) is 2. The maximum Gasteiger partial charge on any atom is 0.329 e. The third-order valence-electron chi connectivity index (χ3n) is 4.34. The van der Waals surface area contributed by atoms with Gasteiger partial charge < -0.3 is 15.4 Å². The SMILES string of the molecule is CC(C)[C@H](NC(=O)c1ccc(F)cc1)C(=O)OCC(=O)N[C@H](C)c1ccccc1. The average Bonchev–Trinajstić information content (AvgIpc) is 2.71. The third-order valence-corrected chi connectivity index (χ3v) is 4.34. The second-order valence-corrected chi connectivity index (χ2v) is 7.01. The summed E-state index contributed by atoms with van der Waals surface area (Å²) in [5, 5.41) is 5.33. The topological polar surface area (TPSA) is 84.5 Å². The van der Waals surface area contributed by atoms with Crippen LogP contribution in [0.15, 0.2) is 54.6 Å². The monoisotopic (exact) mass is 400 g/mol. The van der Waals surface area contributed by atoms with Crippen molar-refractivity contribution in [3.05, 3.63) is 71.5 Å². The Balaban J connectivity index is 1.89. The molecule has 0 saturated carbocycles. The maximum atomic E-state index is 13.0. The van der Waals surface area contributed by atoms with Crippen molar-refractivity contribution in [2.45, 2.75) is 32.9 Å². The number of carbonyl (C=O) groups excluding carboxylic acids is 3. The van der Waals surface area contributed by atoms with E-state index < -0.39 is 36.2 Å². The fourth-order valence-electron chi connectivity index (χ4n) is 2.66. The Morgan fingerprint density at radius 1 is 0.931 bits per heavy atom. The minimum Gasteiger partial charge on any atom is -0.454 e. The molecule has 0 aliphatic rings. The standard InChI is InChI=1S/C22H25FN2O4/c1-14(2)20(25-21(27)17-9-11-18(23)12-10-17)22(28)29-13-19(26)24-15(3)16-7-5-4-6-8-16/h4-12,14-15,20H,13H2,1-3H3,(H,24,26)(H,25,27)/t15-,20+/m1/s1. The summed E-state index contributed by atoms with van der Waals surface area (Å²) in [6.45, 7) is 4.86. The number of esters is 1. The zero-order valence-electron chi connectivity index (χ0n) is 16.6. The van der Waals surface area contributed by atoms with Crippen molar-refractivity contribution in [2.75, 3.05) is 6.61 Å². The summed E-state index contributed by atoms with van der Waals surface area (Å²) in [6, 6.07) is 13.2. The molecule has 2 aromatic rings. The minimum absolute atomic E-state index is 0.222. The van der Waals surface area contributed by atoms with E-state index >= 15 is 0 Å². The van der Waals surface area contributed by atoms with Gasteiger partial charge in [0.25, 0.3) is 11.8 Å². The predicted octanol–water partition coefficient (Wildman–Crippen LogP) is 3.00. The third kappa shape index (κ3) is 6.71. The Bertz CT molecular complexity index is 838. The molecule has 29 heavy (non-hydrogen) atoms. The summed E-state index contributed by atoms with van der Waals surface area (Å²) in [4.78, 5) is 36.8. The van der Waals surface area contributed by atoms with Gasteiger partial charge in [-0.25, -0.2) is 9.18 Å². The van der Waals surface area contributed by atoms with Gasteiger partial charge in [0.1, 0.15) is 11.9 Å². The van der Waals surface area contributed by atoms with Gasteiger partial charge in [0, 0.05) is 5.56 Å². The van der Waals surface area contributed by atoms with Gasteiger partial charge in [-0.1, -0.05) is 44.2 Å². The molecule has 2 N–H and O–H groups in total. The molecular weight excluding hydrogens is 375 g/mol. The molecule has 0 aromatic heterocycles. The molecule has 2 atom stereocenters. The lowest BCUT2D eigenvalue weighted by molar-refractivity contribution is -0.151. The molecule has 0 aliphatic carbocycles. The van der Waals surface area contributed by atoms with E-state index in [4.69, 9.17) is 4.74 Å². The van der Waals surface area contributed by atoms with E-state index in [-0.39, 0.29) is 17.5 Å². The summed E-state index contributed by atoms with van der Waals surface area (Å²) in [5.74, 6) is -2.40. The van der Waals surface area contributed by atoms with Crippen LogP contribution < -0.4 is 10.6 Å². The molecule has 6 nitrogen and oxygen atoms in total. The fraction of sp³-hybridized carbons (Fsp3) is 0.318. The summed E-state index contributed by atoms with van der Waals surface area (Å²) in [7, 11) is 0. The van der Waals surface area contributed by atoms with Crippen LogP contribution in [-0.4, -0.2) is 30.4 Å². The molecule has 0 heterocycles. The first kappa shape index (κ1) is 22.1. The molecule has 0 fully saturated rings. The van der Waals surface area contributed by atoms with Gasteiger partial charge >= 0.3 is 5.97 Å². The van der Waals surface area contributed by atoms with E-state index in [0.717, 1.165) is 17.7 Å². The van der Waals surface area contributed by atoms with Crippen molar-refractivity contribution < 1.29 is 23.5 Å². The number of amides is 2. The molecule has 0 radical (unpaired) electrons. The minimum atomic E-state index is -0.938.